The highest BCUT2D eigenvalue weighted by atomic mass is 16.5. The highest BCUT2D eigenvalue weighted by Crippen LogP contribution is 2.24. The third kappa shape index (κ3) is 4.29. The van der Waals surface area contributed by atoms with Crippen LogP contribution in [0.2, 0.25) is 0 Å². The largest absolute Gasteiger partial charge is 0.485 e. The van der Waals surface area contributed by atoms with Crippen LogP contribution in [-0.2, 0) is 19.6 Å². The molecular formula is C16H23N3O2. The van der Waals surface area contributed by atoms with E-state index >= 15 is 0 Å². The van der Waals surface area contributed by atoms with Crippen LogP contribution in [0.3, 0.4) is 0 Å². The minimum absolute atomic E-state index is 0.331. The van der Waals surface area contributed by atoms with E-state index in [9.17, 15) is 0 Å². The fourth-order valence-electron chi connectivity index (χ4n) is 2.12. The number of rotatable bonds is 8. The van der Waals surface area contributed by atoms with Gasteiger partial charge < -0.3 is 14.6 Å². The summed E-state index contributed by atoms with van der Waals surface area (Å²) in [4.78, 5) is 4.32. The van der Waals surface area contributed by atoms with Crippen molar-refractivity contribution in [3.8, 4) is 5.75 Å². The van der Waals surface area contributed by atoms with Crippen LogP contribution in [0.15, 0.2) is 22.7 Å². The lowest BCUT2D eigenvalue weighted by Gasteiger charge is -2.13. The highest BCUT2D eigenvalue weighted by Gasteiger charge is 2.10. The molecule has 2 aromatic rings. The van der Waals surface area contributed by atoms with Crippen LogP contribution >= 0.6 is 0 Å². The Kier molecular flexibility index (Phi) is 5.75. The van der Waals surface area contributed by atoms with Gasteiger partial charge in [0.25, 0.3) is 0 Å². The van der Waals surface area contributed by atoms with Crippen molar-refractivity contribution in [1.82, 2.24) is 15.5 Å². The summed E-state index contributed by atoms with van der Waals surface area (Å²) < 4.78 is 11.1. The monoisotopic (exact) mass is 289 g/mol. The Bertz CT molecular complexity index is 566. The van der Waals surface area contributed by atoms with E-state index in [0.717, 1.165) is 42.8 Å². The minimum Gasteiger partial charge on any atom is -0.485 e. The van der Waals surface area contributed by atoms with Gasteiger partial charge in [-0.1, -0.05) is 37.2 Å². The fraction of sp³-hybridized carbons (Fsp3) is 0.500. The van der Waals surface area contributed by atoms with Gasteiger partial charge in [0.1, 0.15) is 5.75 Å². The van der Waals surface area contributed by atoms with Gasteiger partial charge in [-0.05, 0) is 25.5 Å². The van der Waals surface area contributed by atoms with Gasteiger partial charge in [0.15, 0.2) is 6.61 Å². The number of hydrogen-bond acceptors (Lipinski definition) is 5. The average molecular weight is 289 g/mol. The minimum atomic E-state index is 0.331. The molecule has 0 atom stereocenters. The van der Waals surface area contributed by atoms with Crippen LogP contribution in [0.25, 0.3) is 0 Å². The zero-order valence-corrected chi connectivity index (χ0v) is 13.0. The van der Waals surface area contributed by atoms with Gasteiger partial charge in [-0.2, -0.15) is 4.98 Å². The van der Waals surface area contributed by atoms with Crippen LogP contribution in [0, 0.1) is 6.92 Å². The lowest BCUT2D eigenvalue weighted by molar-refractivity contribution is 0.280. The quantitative estimate of drug-likeness (QED) is 0.809. The van der Waals surface area contributed by atoms with Gasteiger partial charge in [0.2, 0.25) is 11.7 Å². The number of ether oxygens (including phenoxy) is 1. The van der Waals surface area contributed by atoms with Crippen molar-refractivity contribution in [3.05, 3.63) is 41.0 Å². The molecule has 0 bridgehead atoms. The molecule has 114 valence electrons. The van der Waals surface area contributed by atoms with Crippen LogP contribution in [0.1, 0.15) is 43.1 Å². The topological polar surface area (TPSA) is 60.2 Å². The standard InChI is InChI=1S/C16H23N3O2/c1-4-7-15-18-14(19-21-15)11-20-16-12(3)8-6-9-13(16)10-17-5-2/h6,8-9,17H,4-5,7,10-11H2,1-3H3. The molecule has 0 spiro atoms. The Balaban J connectivity index is 2.04. The molecule has 0 saturated carbocycles. The third-order valence-electron chi connectivity index (χ3n) is 3.18. The van der Waals surface area contributed by atoms with E-state index in [0.29, 0.717) is 18.3 Å². The van der Waals surface area contributed by atoms with Gasteiger partial charge in [-0.25, -0.2) is 0 Å². The molecule has 0 aliphatic heterocycles. The maximum absolute atomic E-state index is 5.92. The average Bonchev–Trinajstić information content (AvgIpc) is 2.92. The van der Waals surface area contributed by atoms with Crippen molar-refractivity contribution >= 4 is 0 Å². The van der Waals surface area contributed by atoms with Gasteiger partial charge >= 0.3 is 0 Å². The Morgan fingerprint density at radius 3 is 2.90 bits per heavy atom. The molecule has 5 nitrogen and oxygen atoms in total. The second-order valence-corrected chi connectivity index (χ2v) is 4.99. The van der Waals surface area contributed by atoms with E-state index in [4.69, 9.17) is 9.26 Å². The summed E-state index contributed by atoms with van der Waals surface area (Å²) in [6.07, 6.45) is 1.80. The molecule has 0 fully saturated rings. The lowest BCUT2D eigenvalue weighted by atomic mass is 10.1. The summed E-state index contributed by atoms with van der Waals surface area (Å²) in [6.45, 7) is 8.27. The van der Waals surface area contributed by atoms with E-state index in [1.165, 1.54) is 0 Å². The van der Waals surface area contributed by atoms with Crippen LogP contribution in [-0.4, -0.2) is 16.7 Å². The van der Waals surface area contributed by atoms with Crippen molar-refractivity contribution in [1.29, 1.82) is 0 Å². The SMILES string of the molecule is CCCc1nc(COc2c(C)cccc2CNCC)no1. The number of nitrogens with one attached hydrogen (secondary N) is 1. The first-order valence-corrected chi connectivity index (χ1v) is 7.48. The molecular weight excluding hydrogens is 266 g/mol. The summed E-state index contributed by atoms with van der Waals surface area (Å²) in [5.41, 5.74) is 2.26. The maximum atomic E-state index is 5.92. The van der Waals surface area contributed by atoms with Crippen molar-refractivity contribution in [3.63, 3.8) is 0 Å². The lowest BCUT2D eigenvalue weighted by Crippen LogP contribution is -2.13. The van der Waals surface area contributed by atoms with Crippen molar-refractivity contribution < 1.29 is 9.26 Å². The molecule has 0 amide bonds. The Morgan fingerprint density at radius 1 is 1.29 bits per heavy atom. The highest BCUT2D eigenvalue weighted by molar-refractivity contribution is 5.40. The summed E-state index contributed by atoms with van der Waals surface area (Å²) in [5.74, 6) is 2.17. The zero-order valence-electron chi connectivity index (χ0n) is 13.0. The number of hydrogen-bond donors (Lipinski definition) is 1. The molecule has 21 heavy (non-hydrogen) atoms. The molecule has 0 aliphatic carbocycles. The normalized spacial score (nSPS) is 10.8. The van der Waals surface area contributed by atoms with E-state index in [2.05, 4.69) is 35.4 Å². The number of nitrogens with zero attached hydrogens (tertiary/aromatic N) is 2. The molecule has 0 unspecified atom stereocenters. The predicted molar refractivity (Wildman–Crippen MR) is 81.2 cm³/mol. The molecule has 0 radical (unpaired) electrons. The van der Waals surface area contributed by atoms with Gasteiger partial charge in [0, 0.05) is 18.5 Å². The van der Waals surface area contributed by atoms with E-state index in [1.807, 2.05) is 19.1 Å². The summed E-state index contributed by atoms with van der Waals surface area (Å²) in [5, 5.41) is 7.27. The first kappa shape index (κ1) is 15.5. The Morgan fingerprint density at radius 2 is 2.14 bits per heavy atom. The summed E-state index contributed by atoms with van der Waals surface area (Å²) in [6, 6.07) is 6.16. The zero-order chi connectivity index (χ0) is 15.1. The molecule has 1 heterocycles. The van der Waals surface area contributed by atoms with E-state index in [-0.39, 0.29) is 0 Å². The van der Waals surface area contributed by atoms with Crippen LogP contribution < -0.4 is 10.1 Å². The molecule has 5 heteroatoms. The molecule has 1 aromatic heterocycles. The van der Waals surface area contributed by atoms with Crippen molar-refractivity contribution in [2.75, 3.05) is 6.54 Å². The Hall–Kier alpha value is -1.88. The van der Waals surface area contributed by atoms with Crippen molar-refractivity contribution in [2.24, 2.45) is 0 Å². The molecule has 0 saturated heterocycles. The molecule has 2 rings (SSSR count). The number of benzene rings is 1. The van der Waals surface area contributed by atoms with Gasteiger partial charge in [-0.3, -0.25) is 0 Å². The third-order valence-corrected chi connectivity index (χ3v) is 3.18. The number of aryl methyl sites for hydroxylation is 2. The van der Waals surface area contributed by atoms with Gasteiger partial charge in [-0.15, -0.1) is 0 Å². The predicted octanol–water partition coefficient (Wildman–Crippen LogP) is 3.02. The van der Waals surface area contributed by atoms with Crippen molar-refractivity contribution in [2.45, 2.75) is 46.8 Å². The maximum Gasteiger partial charge on any atom is 0.226 e. The van der Waals surface area contributed by atoms with Crippen LogP contribution in [0.5, 0.6) is 5.75 Å². The summed E-state index contributed by atoms with van der Waals surface area (Å²) in [7, 11) is 0. The molecule has 1 aromatic carbocycles. The molecule has 1 N–H and O–H groups in total. The van der Waals surface area contributed by atoms with Crippen LogP contribution in [0.4, 0.5) is 0 Å². The smallest absolute Gasteiger partial charge is 0.226 e. The fourth-order valence-corrected chi connectivity index (χ4v) is 2.12. The van der Waals surface area contributed by atoms with Gasteiger partial charge in [0.05, 0.1) is 0 Å². The van der Waals surface area contributed by atoms with E-state index < -0.39 is 0 Å². The number of aromatic nitrogens is 2. The van der Waals surface area contributed by atoms with E-state index in [1.54, 1.807) is 0 Å². The Labute approximate surface area is 125 Å². The first-order valence-electron chi connectivity index (χ1n) is 7.48. The second kappa shape index (κ2) is 7.78. The summed E-state index contributed by atoms with van der Waals surface area (Å²) >= 11 is 0. The number of para-hydroxylation sites is 1. The second-order valence-electron chi connectivity index (χ2n) is 4.99. The first-order chi connectivity index (χ1) is 10.2. The molecule has 0 aliphatic rings.